The minimum Gasteiger partial charge on any atom is -0.356 e. The van der Waals surface area contributed by atoms with Crippen LogP contribution in [-0.4, -0.2) is 10.5 Å². The van der Waals surface area contributed by atoms with Crippen molar-refractivity contribution in [2.75, 3.05) is 5.32 Å². The van der Waals surface area contributed by atoms with Crippen LogP contribution < -0.4 is 5.32 Å². The van der Waals surface area contributed by atoms with Crippen LogP contribution in [0.5, 0.6) is 0 Å². The van der Waals surface area contributed by atoms with Crippen LogP contribution in [-0.2, 0) is 0 Å². The van der Waals surface area contributed by atoms with Crippen LogP contribution in [0.1, 0.15) is 32.6 Å². The average Bonchev–Trinajstić information content (AvgIpc) is 2.62. The lowest BCUT2D eigenvalue weighted by molar-refractivity contribution is 0.533. The second-order valence-electron chi connectivity index (χ2n) is 3.86. The molecule has 13 heavy (non-hydrogen) atoms. The molecule has 0 atom stereocenters. The number of rotatable bonds is 2. The zero-order chi connectivity index (χ0) is 9.31. The number of hydrogen-bond acceptors (Lipinski definition) is 3. The van der Waals surface area contributed by atoms with Crippen LogP contribution >= 0.6 is 22.9 Å². The third-order valence-electron chi connectivity index (χ3n) is 2.59. The topological polar surface area (TPSA) is 24.9 Å². The van der Waals surface area contributed by atoms with Crippen LogP contribution in [0.15, 0.2) is 6.20 Å². The first-order chi connectivity index (χ1) is 6.18. The third-order valence-corrected chi connectivity index (χ3v) is 3.62. The van der Waals surface area contributed by atoms with Crippen LogP contribution in [0.3, 0.4) is 0 Å². The summed E-state index contributed by atoms with van der Waals surface area (Å²) in [4.78, 5) is 4.20. The highest BCUT2D eigenvalue weighted by molar-refractivity contribution is 7.19. The van der Waals surface area contributed by atoms with Crippen molar-refractivity contribution in [2.24, 2.45) is 0 Å². The Morgan fingerprint density at radius 3 is 2.77 bits per heavy atom. The fourth-order valence-electron chi connectivity index (χ4n) is 1.85. The van der Waals surface area contributed by atoms with Crippen LogP contribution in [0.25, 0.3) is 0 Å². The molecule has 72 valence electrons. The van der Waals surface area contributed by atoms with E-state index in [1.54, 1.807) is 6.20 Å². The van der Waals surface area contributed by atoms with Gasteiger partial charge >= 0.3 is 0 Å². The highest BCUT2D eigenvalue weighted by Crippen LogP contribution is 2.34. The molecule has 1 aromatic rings. The van der Waals surface area contributed by atoms with E-state index >= 15 is 0 Å². The first-order valence-electron chi connectivity index (χ1n) is 4.57. The molecule has 0 radical (unpaired) electrons. The van der Waals surface area contributed by atoms with Crippen LogP contribution in [0, 0.1) is 0 Å². The van der Waals surface area contributed by atoms with Crippen molar-refractivity contribution in [3.63, 3.8) is 0 Å². The number of anilines is 1. The quantitative estimate of drug-likeness (QED) is 0.818. The molecule has 1 fully saturated rings. The summed E-state index contributed by atoms with van der Waals surface area (Å²) < 4.78 is 0.754. The number of halogens is 1. The van der Waals surface area contributed by atoms with Gasteiger partial charge in [0.2, 0.25) is 0 Å². The summed E-state index contributed by atoms with van der Waals surface area (Å²) in [6.07, 6.45) is 6.83. The lowest BCUT2D eigenvalue weighted by Gasteiger charge is -2.24. The second-order valence-corrected chi connectivity index (χ2v) is 5.52. The van der Waals surface area contributed by atoms with Crippen molar-refractivity contribution in [3.05, 3.63) is 10.5 Å². The lowest BCUT2D eigenvalue weighted by Crippen LogP contribution is -2.30. The molecule has 2 nitrogen and oxygen atoms in total. The van der Waals surface area contributed by atoms with E-state index in [-0.39, 0.29) is 5.54 Å². The van der Waals surface area contributed by atoms with Crippen molar-refractivity contribution >= 4 is 28.1 Å². The third kappa shape index (κ3) is 2.15. The van der Waals surface area contributed by atoms with Gasteiger partial charge in [0.15, 0.2) is 5.13 Å². The molecule has 1 saturated carbocycles. The van der Waals surface area contributed by atoms with E-state index in [4.69, 9.17) is 11.6 Å². The molecule has 0 spiro atoms. The molecule has 0 bridgehead atoms. The number of thiazole rings is 1. The normalized spacial score (nSPS) is 20.5. The maximum Gasteiger partial charge on any atom is 0.184 e. The van der Waals surface area contributed by atoms with Gasteiger partial charge in [0.25, 0.3) is 0 Å². The Hall–Kier alpha value is -0.280. The van der Waals surface area contributed by atoms with Gasteiger partial charge in [-0.2, -0.15) is 0 Å². The Kier molecular flexibility index (Phi) is 2.47. The molecule has 1 heterocycles. The summed E-state index contributed by atoms with van der Waals surface area (Å²) in [5, 5.41) is 4.41. The van der Waals surface area contributed by atoms with Gasteiger partial charge in [-0.1, -0.05) is 35.8 Å². The highest BCUT2D eigenvalue weighted by atomic mass is 35.5. The van der Waals surface area contributed by atoms with Gasteiger partial charge in [0.05, 0.1) is 6.20 Å². The van der Waals surface area contributed by atoms with Gasteiger partial charge in [0.1, 0.15) is 4.34 Å². The first kappa shape index (κ1) is 9.28. The highest BCUT2D eigenvalue weighted by Gasteiger charge is 2.28. The maximum atomic E-state index is 5.81. The molecule has 0 saturated heterocycles. The van der Waals surface area contributed by atoms with Crippen LogP contribution in [0.2, 0.25) is 4.34 Å². The molecule has 0 unspecified atom stereocenters. The van der Waals surface area contributed by atoms with Gasteiger partial charge in [0, 0.05) is 5.54 Å². The molecule has 1 N–H and O–H groups in total. The fourth-order valence-corrected chi connectivity index (χ4v) is 2.81. The van der Waals surface area contributed by atoms with E-state index in [2.05, 4.69) is 17.2 Å². The molecule has 2 rings (SSSR count). The smallest absolute Gasteiger partial charge is 0.184 e. The lowest BCUT2D eigenvalue weighted by atomic mass is 10.0. The molecule has 0 aliphatic heterocycles. The zero-order valence-electron chi connectivity index (χ0n) is 7.64. The minimum absolute atomic E-state index is 0.251. The van der Waals surface area contributed by atoms with E-state index in [0.717, 1.165) is 9.47 Å². The number of nitrogens with one attached hydrogen (secondary N) is 1. The summed E-state index contributed by atoms with van der Waals surface area (Å²) in [5.41, 5.74) is 0.251. The Morgan fingerprint density at radius 1 is 1.54 bits per heavy atom. The second kappa shape index (κ2) is 3.46. The Labute approximate surface area is 87.3 Å². The number of nitrogens with zero attached hydrogens (tertiary/aromatic N) is 1. The number of hydrogen-bond donors (Lipinski definition) is 1. The van der Waals surface area contributed by atoms with Gasteiger partial charge in [-0.15, -0.1) is 0 Å². The minimum atomic E-state index is 0.251. The van der Waals surface area contributed by atoms with Gasteiger partial charge in [-0.3, -0.25) is 0 Å². The van der Waals surface area contributed by atoms with E-state index in [1.807, 2.05) is 0 Å². The van der Waals surface area contributed by atoms with Crippen molar-refractivity contribution < 1.29 is 0 Å². The predicted molar refractivity (Wildman–Crippen MR) is 57.6 cm³/mol. The molecular formula is C9H13ClN2S. The van der Waals surface area contributed by atoms with E-state index in [0.29, 0.717) is 0 Å². The Bertz CT molecular complexity index is 292. The monoisotopic (exact) mass is 216 g/mol. The van der Waals surface area contributed by atoms with Gasteiger partial charge in [-0.05, 0) is 19.8 Å². The van der Waals surface area contributed by atoms with Crippen LogP contribution in [0.4, 0.5) is 5.13 Å². The van der Waals surface area contributed by atoms with E-state index in [1.165, 1.54) is 37.0 Å². The molecule has 1 aromatic heterocycles. The summed E-state index contributed by atoms with van der Waals surface area (Å²) >= 11 is 7.32. The van der Waals surface area contributed by atoms with Crippen molar-refractivity contribution in [1.82, 2.24) is 4.98 Å². The molecule has 1 aliphatic carbocycles. The largest absolute Gasteiger partial charge is 0.356 e. The van der Waals surface area contributed by atoms with Crippen molar-refractivity contribution in [3.8, 4) is 0 Å². The SMILES string of the molecule is CC1(Nc2ncc(Cl)s2)CCCC1. The van der Waals surface area contributed by atoms with E-state index < -0.39 is 0 Å². The summed E-state index contributed by atoms with van der Waals surface area (Å²) in [6, 6.07) is 0. The summed E-state index contributed by atoms with van der Waals surface area (Å²) in [7, 11) is 0. The van der Waals surface area contributed by atoms with Gasteiger partial charge in [-0.25, -0.2) is 4.98 Å². The predicted octanol–water partition coefficient (Wildman–Crippen LogP) is 3.54. The standard InChI is InChI=1S/C9H13ClN2S/c1-9(4-2-3-5-9)12-8-11-6-7(10)13-8/h6H,2-5H2,1H3,(H,11,12). The molecule has 4 heteroatoms. The Morgan fingerprint density at radius 2 is 2.23 bits per heavy atom. The van der Waals surface area contributed by atoms with Crippen molar-refractivity contribution in [1.29, 1.82) is 0 Å². The van der Waals surface area contributed by atoms with Crippen molar-refractivity contribution in [2.45, 2.75) is 38.1 Å². The molecule has 1 aliphatic rings. The molecule has 0 aromatic carbocycles. The average molecular weight is 217 g/mol. The van der Waals surface area contributed by atoms with Gasteiger partial charge < -0.3 is 5.32 Å². The number of aromatic nitrogens is 1. The molecular weight excluding hydrogens is 204 g/mol. The summed E-state index contributed by atoms with van der Waals surface area (Å²) in [5.74, 6) is 0. The molecule has 0 amide bonds. The van der Waals surface area contributed by atoms with E-state index in [9.17, 15) is 0 Å². The summed E-state index contributed by atoms with van der Waals surface area (Å²) in [6.45, 7) is 2.26. The zero-order valence-corrected chi connectivity index (χ0v) is 9.21. The fraction of sp³-hybridized carbons (Fsp3) is 0.667. The Balaban J connectivity index is 2.04. The first-order valence-corrected chi connectivity index (χ1v) is 5.77. The maximum absolute atomic E-state index is 5.81.